The van der Waals surface area contributed by atoms with Gasteiger partial charge in [0.1, 0.15) is 11.4 Å². The number of nitrogens with zero attached hydrogens (tertiary/aromatic N) is 1. The number of ether oxygens (including phenoxy) is 1. The number of aliphatic hydroxyl groups excluding tert-OH is 1. The van der Waals surface area contributed by atoms with Gasteiger partial charge < -0.3 is 15.2 Å². The van der Waals surface area contributed by atoms with E-state index in [0.717, 1.165) is 0 Å². The van der Waals surface area contributed by atoms with Crippen LogP contribution in [0.3, 0.4) is 0 Å². The van der Waals surface area contributed by atoms with Gasteiger partial charge in [-0.2, -0.15) is 0 Å². The Morgan fingerprint density at radius 1 is 1.58 bits per heavy atom. The van der Waals surface area contributed by atoms with Crippen LogP contribution in [0.15, 0.2) is 18.2 Å². The van der Waals surface area contributed by atoms with Crippen LogP contribution in [0.25, 0.3) is 0 Å². The Morgan fingerprint density at radius 2 is 2.26 bits per heavy atom. The zero-order valence-electron chi connectivity index (χ0n) is 10.8. The number of carbonyl (C=O) groups is 1. The maximum Gasteiger partial charge on any atom is 0.296 e. The summed E-state index contributed by atoms with van der Waals surface area (Å²) in [6, 6.07) is 4.18. The highest BCUT2D eigenvalue weighted by atomic mass is 16.6. The van der Waals surface area contributed by atoms with Crippen LogP contribution in [-0.2, 0) is 4.79 Å². The molecule has 1 atom stereocenters. The Balaban J connectivity index is 2.82. The second kappa shape index (κ2) is 6.69. The molecule has 1 unspecified atom stereocenters. The number of nitrogens with one attached hydrogen (secondary N) is 1. The van der Waals surface area contributed by atoms with Crippen molar-refractivity contribution in [3.63, 3.8) is 0 Å². The summed E-state index contributed by atoms with van der Waals surface area (Å²) in [5.41, 5.74) is -0.119. The van der Waals surface area contributed by atoms with Gasteiger partial charge in [0.05, 0.1) is 24.2 Å². The molecule has 0 aliphatic rings. The van der Waals surface area contributed by atoms with Gasteiger partial charge in [0.2, 0.25) is 5.91 Å². The molecule has 0 heterocycles. The third-order valence-electron chi connectivity index (χ3n) is 2.46. The summed E-state index contributed by atoms with van der Waals surface area (Å²) >= 11 is 0. The van der Waals surface area contributed by atoms with E-state index >= 15 is 0 Å². The minimum atomic E-state index is -0.590. The summed E-state index contributed by atoms with van der Waals surface area (Å²) in [7, 11) is 1.40. The van der Waals surface area contributed by atoms with Crippen molar-refractivity contribution in [2.24, 2.45) is 0 Å². The van der Waals surface area contributed by atoms with E-state index in [1.165, 1.54) is 25.3 Å². The van der Waals surface area contributed by atoms with E-state index in [1.54, 1.807) is 6.92 Å². The average molecular weight is 268 g/mol. The predicted molar refractivity (Wildman–Crippen MR) is 69.2 cm³/mol. The van der Waals surface area contributed by atoms with E-state index in [1.807, 2.05) is 0 Å². The third-order valence-corrected chi connectivity index (χ3v) is 2.46. The standard InChI is InChI=1S/C12H16N2O5/c1-8(15)3-6-12(16)13-10-5-4-9(19-2)7-11(10)14(17)18/h4-5,7-8,15H,3,6H2,1-2H3,(H,13,16). The van der Waals surface area contributed by atoms with Gasteiger partial charge >= 0.3 is 0 Å². The van der Waals surface area contributed by atoms with Crippen LogP contribution in [0.4, 0.5) is 11.4 Å². The van der Waals surface area contributed by atoms with Gasteiger partial charge in [0.25, 0.3) is 5.69 Å². The highest BCUT2D eigenvalue weighted by Gasteiger charge is 2.17. The molecule has 1 aromatic carbocycles. The first kappa shape index (κ1) is 14.9. The Labute approximate surface area is 110 Å². The molecule has 0 radical (unpaired) electrons. The molecule has 0 spiro atoms. The molecule has 2 N–H and O–H groups in total. The Hall–Kier alpha value is -2.15. The van der Waals surface area contributed by atoms with Crippen LogP contribution in [0.5, 0.6) is 5.75 Å². The van der Waals surface area contributed by atoms with Crippen molar-refractivity contribution in [1.29, 1.82) is 0 Å². The first-order valence-corrected chi connectivity index (χ1v) is 5.74. The van der Waals surface area contributed by atoms with Gasteiger partial charge in [-0.25, -0.2) is 0 Å². The van der Waals surface area contributed by atoms with Crippen LogP contribution in [0, 0.1) is 10.1 Å². The molecule has 0 aliphatic carbocycles. The van der Waals surface area contributed by atoms with Crippen molar-refractivity contribution in [3.8, 4) is 5.75 Å². The van der Waals surface area contributed by atoms with E-state index in [2.05, 4.69) is 5.32 Å². The molecule has 19 heavy (non-hydrogen) atoms. The lowest BCUT2D eigenvalue weighted by Crippen LogP contribution is -2.15. The number of amides is 1. The highest BCUT2D eigenvalue weighted by molar-refractivity contribution is 5.93. The number of methoxy groups -OCH3 is 1. The lowest BCUT2D eigenvalue weighted by molar-refractivity contribution is -0.384. The van der Waals surface area contributed by atoms with Crippen LogP contribution >= 0.6 is 0 Å². The van der Waals surface area contributed by atoms with Gasteiger partial charge in [-0.05, 0) is 25.5 Å². The maximum atomic E-state index is 11.6. The van der Waals surface area contributed by atoms with Crippen molar-refractivity contribution in [2.75, 3.05) is 12.4 Å². The first-order valence-electron chi connectivity index (χ1n) is 5.74. The monoisotopic (exact) mass is 268 g/mol. The number of benzene rings is 1. The molecule has 1 rings (SSSR count). The van der Waals surface area contributed by atoms with Crippen molar-refractivity contribution in [2.45, 2.75) is 25.9 Å². The Bertz CT molecular complexity index is 473. The largest absolute Gasteiger partial charge is 0.496 e. The molecule has 0 bridgehead atoms. The fraction of sp³-hybridized carbons (Fsp3) is 0.417. The van der Waals surface area contributed by atoms with Crippen LogP contribution in [0.2, 0.25) is 0 Å². The number of aliphatic hydroxyl groups is 1. The Kier molecular flexibility index (Phi) is 5.25. The summed E-state index contributed by atoms with van der Waals surface area (Å²) in [5.74, 6) is -0.0390. The van der Waals surface area contributed by atoms with E-state index in [4.69, 9.17) is 9.84 Å². The quantitative estimate of drug-likeness (QED) is 0.604. The zero-order chi connectivity index (χ0) is 14.4. The summed E-state index contributed by atoms with van der Waals surface area (Å²) < 4.78 is 4.89. The molecular formula is C12H16N2O5. The maximum absolute atomic E-state index is 11.6. The molecular weight excluding hydrogens is 252 g/mol. The predicted octanol–water partition coefficient (Wildman–Crippen LogP) is 1.70. The van der Waals surface area contributed by atoms with Crippen LogP contribution in [0.1, 0.15) is 19.8 Å². The number of hydrogen-bond donors (Lipinski definition) is 2. The summed E-state index contributed by atoms with van der Waals surface area (Å²) in [6.07, 6.45) is -0.187. The zero-order valence-corrected chi connectivity index (χ0v) is 10.8. The SMILES string of the molecule is COc1ccc(NC(=O)CCC(C)O)c([N+](=O)[O-])c1. The molecule has 1 amide bonds. The normalized spacial score (nSPS) is 11.7. The highest BCUT2D eigenvalue weighted by Crippen LogP contribution is 2.29. The number of anilines is 1. The Morgan fingerprint density at radius 3 is 2.79 bits per heavy atom. The average Bonchev–Trinajstić information content (AvgIpc) is 2.36. The second-order valence-electron chi connectivity index (χ2n) is 4.08. The topological polar surface area (TPSA) is 102 Å². The van der Waals surface area contributed by atoms with Crippen molar-refractivity contribution < 1.29 is 19.6 Å². The van der Waals surface area contributed by atoms with E-state index in [0.29, 0.717) is 12.2 Å². The number of carbonyl (C=O) groups excluding carboxylic acids is 1. The number of nitro benzene ring substituents is 1. The second-order valence-corrected chi connectivity index (χ2v) is 4.08. The van der Waals surface area contributed by atoms with Gasteiger partial charge in [-0.1, -0.05) is 0 Å². The number of nitro groups is 1. The van der Waals surface area contributed by atoms with Crippen molar-refractivity contribution >= 4 is 17.3 Å². The summed E-state index contributed by atoms with van der Waals surface area (Å²) in [4.78, 5) is 21.9. The molecule has 104 valence electrons. The van der Waals surface area contributed by atoms with Gasteiger partial charge in [0.15, 0.2) is 0 Å². The molecule has 0 aliphatic heterocycles. The van der Waals surface area contributed by atoms with Gasteiger partial charge in [0, 0.05) is 6.42 Å². The first-order chi connectivity index (χ1) is 8.93. The van der Waals surface area contributed by atoms with Crippen LogP contribution < -0.4 is 10.1 Å². The van der Waals surface area contributed by atoms with Crippen molar-refractivity contribution in [1.82, 2.24) is 0 Å². The minimum Gasteiger partial charge on any atom is -0.496 e. The fourth-order valence-electron chi connectivity index (χ4n) is 1.45. The molecule has 0 saturated carbocycles. The lowest BCUT2D eigenvalue weighted by atomic mass is 10.2. The van der Waals surface area contributed by atoms with Crippen LogP contribution in [-0.4, -0.2) is 29.2 Å². The summed E-state index contributed by atoms with van der Waals surface area (Å²) in [5, 5.41) is 22.4. The van der Waals surface area contributed by atoms with E-state index < -0.39 is 11.0 Å². The molecule has 0 aromatic heterocycles. The third kappa shape index (κ3) is 4.55. The smallest absolute Gasteiger partial charge is 0.296 e. The fourth-order valence-corrected chi connectivity index (χ4v) is 1.45. The van der Waals surface area contributed by atoms with E-state index in [-0.39, 0.29) is 23.7 Å². The van der Waals surface area contributed by atoms with E-state index in [9.17, 15) is 14.9 Å². The molecule has 0 saturated heterocycles. The molecule has 0 fully saturated rings. The van der Waals surface area contributed by atoms with Gasteiger partial charge in [-0.15, -0.1) is 0 Å². The summed E-state index contributed by atoms with van der Waals surface area (Å²) in [6.45, 7) is 1.57. The van der Waals surface area contributed by atoms with Gasteiger partial charge in [-0.3, -0.25) is 14.9 Å². The molecule has 7 heteroatoms. The molecule has 7 nitrogen and oxygen atoms in total. The lowest BCUT2D eigenvalue weighted by Gasteiger charge is -2.08. The number of rotatable bonds is 6. The number of hydrogen-bond acceptors (Lipinski definition) is 5. The molecule has 1 aromatic rings. The minimum absolute atomic E-state index is 0.0981. The van der Waals surface area contributed by atoms with Crippen molar-refractivity contribution in [3.05, 3.63) is 28.3 Å².